The molecule has 1 nitrogen and oxygen atoms in total. The summed E-state index contributed by atoms with van der Waals surface area (Å²) in [4.78, 5) is 0. The molecule has 3 unspecified atom stereocenters. The lowest BCUT2D eigenvalue weighted by Gasteiger charge is -2.34. The molecule has 0 aromatic carbocycles. The molecular formula is C13H24O. The van der Waals surface area contributed by atoms with Gasteiger partial charge in [0, 0.05) is 13.2 Å². The van der Waals surface area contributed by atoms with Gasteiger partial charge in [-0.15, -0.1) is 0 Å². The van der Waals surface area contributed by atoms with Gasteiger partial charge in [-0.1, -0.05) is 33.1 Å². The number of hydrogen-bond acceptors (Lipinski definition) is 1. The molecule has 1 aliphatic heterocycles. The standard InChI is InChI=1S/C13H24O/c1-10(12-4-3-5-12)8-11(2)13-6-7-14-9-13/h10-13H,3-9H2,1-2H3. The van der Waals surface area contributed by atoms with Crippen molar-refractivity contribution in [1.82, 2.24) is 0 Å². The van der Waals surface area contributed by atoms with Crippen molar-refractivity contribution in [2.75, 3.05) is 13.2 Å². The Morgan fingerprint density at radius 2 is 1.79 bits per heavy atom. The van der Waals surface area contributed by atoms with E-state index in [0.29, 0.717) is 0 Å². The third-order valence-electron chi connectivity index (χ3n) is 4.47. The van der Waals surface area contributed by atoms with Crippen LogP contribution in [0.15, 0.2) is 0 Å². The van der Waals surface area contributed by atoms with Crippen LogP contribution in [-0.4, -0.2) is 13.2 Å². The molecule has 2 aliphatic rings. The number of hydrogen-bond donors (Lipinski definition) is 0. The SMILES string of the molecule is CC(CC(C)C1CCOC1)C1CCC1. The summed E-state index contributed by atoms with van der Waals surface area (Å²) >= 11 is 0. The summed E-state index contributed by atoms with van der Waals surface area (Å²) in [6.07, 6.45) is 7.21. The lowest BCUT2D eigenvalue weighted by atomic mass is 9.72. The maximum absolute atomic E-state index is 5.46. The zero-order valence-corrected chi connectivity index (χ0v) is 9.67. The Kier molecular flexibility index (Phi) is 3.48. The van der Waals surface area contributed by atoms with E-state index in [0.717, 1.165) is 36.9 Å². The zero-order chi connectivity index (χ0) is 9.97. The van der Waals surface area contributed by atoms with Crippen LogP contribution in [0.25, 0.3) is 0 Å². The molecule has 0 aromatic heterocycles. The summed E-state index contributed by atoms with van der Waals surface area (Å²) in [6.45, 7) is 6.91. The quantitative estimate of drug-likeness (QED) is 0.669. The van der Waals surface area contributed by atoms with Crippen molar-refractivity contribution in [2.45, 2.75) is 46.0 Å². The molecule has 0 bridgehead atoms. The second kappa shape index (κ2) is 4.65. The van der Waals surface area contributed by atoms with Gasteiger partial charge in [-0.2, -0.15) is 0 Å². The summed E-state index contributed by atoms with van der Waals surface area (Å²) < 4.78 is 5.46. The van der Waals surface area contributed by atoms with Crippen LogP contribution >= 0.6 is 0 Å². The van der Waals surface area contributed by atoms with E-state index in [2.05, 4.69) is 13.8 Å². The summed E-state index contributed by atoms with van der Waals surface area (Å²) in [5.74, 6) is 3.75. The maximum atomic E-state index is 5.46. The van der Waals surface area contributed by atoms with Crippen LogP contribution in [0.2, 0.25) is 0 Å². The van der Waals surface area contributed by atoms with Crippen molar-refractivity contribution in [1.29, 1.82) is 0 Å². The highest BCUT2D eigenvalue weighted by Gasteiger charge is 2.28. The van der Waals surface area contributed by atoms with Crippen molar-refractivity contribution in [2.24, 2.45) is 23.7 Å². The van der Waals surface area contributed by atoms with E-state index in [-0.39, 0.29) is 0 Å². The van der Waals surface area contributed by atoms with E-state index in [4.69, 9.17) is 4.74 Å². The molecule has 1 aliphatic carbocycles. The van der Waals surface area contributed by atoms with Crippen molar-refractivity contribution >= 4 is 0 Å². The van der Waals surface area contributed by atoms with Crippen LogP contribution in [0.1, 0.15) is 46.0 Å². The first kappa shape index (κ1) is 10.5. The molecule has 3 atom stereocenters. The molecule has 2 fully saturated rings. The second-order valence-electron chi connectivity index (χ2n) is 5.50. The van der Waals surface area contributed by atoms with Crippen molar-refractivity contribution in [3.05, 3.63) is 0 Å². The fourth-order valence-electron chi connectivity index (χ4n) is 2.98. The van der Waals surface area contributed by atoms with Gasteiger partial charge in [0.2, 0.25) is 0 Å². The Balaban J connectivity index is 1.72. The second-order valence-corrected chi connectivity index (χ2v) is 5.50. The molecule has 14 heavy (non-hydrogen) atoms. The first-order valence-electron chi connectivity index (χ1n) is 6.35. The van der Waals surface area contributed by atoms with Gasteiger partial charge in [0.1, 0.15) is 0 Å². The lowest BCUT2D eigenvalue weighted by molar-refractivity contribution is 0.148. The van der Waals surface area contributed by atoms with E-state index in [1.165, 1.54) is 32.1 Å². The van der Waals surface area contributed by atoms with Crippen molar-refractivity contribution < 1.29 is 4.74 Å². The van der Waals surface area contributed by atoms with Crippen molar-refractivity contribution in [3.63, 3.8) is 0 Å². The monoisotopic (exact) mass is 196 g/mol. The summed E-state index contributed by atoms with van der Waals surface area (Å²) in [5.41, 5.74) is 0. The average molecular weight is 196 g/mol. The van der Waals surface area contributed by atoms with Crippen LogP contribution in [-0.2, 0) is 4.74 Å². The first-order valence-corrected chi connectivity index (χ1v) is 6.35. The molecule has 1 saturated carbocycles. The highest BCUT2D eigenvalue weighted by Crippen LogP contribution is 2.38. The molecule has 0 radical (unpaired) electrons. The van der Waals surface area contributed by atoms with Crippen LogP contribution in [0, 0.1) is 23.7 Å². The summed E-state index contributed by atoms with van der Waals surface area (Å²) in [6, 6.07) is 0. The third-order valence-corrected chi connectivity index (χ3v) is 4.47. The fraction of sp³-hybridized carbons (Fsp3) is 1.00. The molecule has 1 heteroatoms. The molecule has 0 aromatic rings. The smallest absolute Gasteiger partial charge is 0.0497 e. The van der Waals surface area contributed by atoms with E-state index in [1.54, 1.807) is 0 Å². The topological polar surface area (TPSA) is 9.23 Å². The van der Waals surface area contributed by atoms with Gasteiger partial charge in [-0.3, -0.25) is 0 Å². The summed E-state index contributed by atoms with van der Waals surface area (Å²) in [7, 11) is 0. The molecule has 0 amide bonds. The zero-order valence-electron chi connectivity index (χ0n) is 9.67. The lowest BCUT2D eigenvalue weighted by Crippen LogP contribution is -2.23. The van der Waals surface area contributed by atoms with Crippen LogP contribution in [0.4, 0.5) is 0 Å². The van der Waals surface area contributed by atoms with Gasteiger partial charge in [0.15, 0.2) is 0 Å². The Hall–Kier alpha value is -0.0400. The van der Waals surface area contributed by atoms with Gasteiger partial charge in [-0.05, 0) is 36.5 Å². The maximum Gasteiger partial charge on any atom is 0.0497 e. The largest absolute Gasteiger partial charge is 0.381 e. The van der Waals surface area contributed by atoms with E-state index >= 15 is 0 Å². The Bertz CT molecular complexity index is 168. The first-order chi connectivity index (χ1) is 6.77. The van der Waals surface area contributed by atoms with Crippen LogP contribution in [0.5, 0.6) is 0 Å². The summed E-state index contributed by atoms with van der Waals surface area (Å²) in [5, 5.41) is 0. The van der Waals surface area contributed by atoms with E-state index < -0.39 is 0 Å². The fourth-order valence-corrected chi connectivity index (χ4v) is 2.98. The minimum Gasteiger partial charge on any atom is -0.381 e. The molecule has 0 spiro atoms. The van der Waals surface area contributed by atoms with Crippen LogP contribution < -0.4 is 0 Å². The van der Waals surface area contributed by atoms with Gasteiger partial charge in [-0.25, -0.2) is 0 Å². The van der Waals surface area contributed by atoms with Gasteiger partial charge in [0.05, 0.1) is 0 Å². The predicted octanol–water partition coefficient (Wildman–Crippen LogP) is 3.49. The van der Waals surface area contributed by atoms with E-state index in [9.17, 15) is 0 Å². The van der Waals surface area contributed by atoms with Crippen molar-refractivity contribution in [3.8, 4) is 0 Å². The Morgan fingerprint density at radius 3 is 2.29 bits per heavy atom. The molecule has 82 valence electrons. The Labute approximate surface area is 88.2 Å². The molecule has 1 heterocycles. The van der Waals surface area contributed by atoms with Gasteiger partial charge >= 0.3 is 0 Å². The highest BCUT2D eigenvalue weighted by molar-refractivity contribution is 4.79. The minimum atomic E-state index is 0.859. The molecule has 2 rings (SSSR count). The van der Waals surface area contributed by atoms with Gasteiger partial charge in [0.25, 0.3) is 0 Å². The highest BCUT2D eigenvalue weighted by atomic mass is 16.5. The predicted molar refractivity (Wildman–Crippen MR) is 59.2 cm³/mol. The molecular weight excluding hydrogens is 172 g/mol. The third kappa shape index (κ3) is 2.31. The van der Waals surface area contributed by atoms with Crippen LogP contribution in [0.3, 0.4) is 0 Å². The number of ether oxygens (including phenoxy) is 1. The molecule has 0 N–H and O–H groups in total. The van der Waals surface area contributed by atoms with E-state index in [1.807, 2.05) is 0 Å². The molecule has 1 saturated heterocycles. The minimum absolute atomic E-state index is 0.859. The van der Waals surface area contributed by atoms with Gasteiger partial charge < -0.3 is 4.74 Å². The average Bonchev–Trinajstić information content (AvgIpc) is 2.51. The normalized spacial score (nSPS) is 32.6. The number of rotatable bonds is 4. The Morgan fingerprint density at radius 1 is 1.07 bits per heavy atom.